The first-order valence-corrected chi connectivity index (χ1v) is 5.82. The summed E-state index contributed by atoms with van der Waals surface area (Å²) in [5, 5.41) is 9.04. The molecule has 1 aromatic carbocycles. The molecule has 0 heterocycles. The van der Waals surface area contributed by atoms with Gasteiger partial charge in [0.2, 0.25) is 5.91 Å². The van der Waals surface area contributed by atoms with Crippen molar-refractivity contribution in [2.45, 2.75) is 13.8 Å². The smallest absolute Gasteiger partial charge is 0.244 e. The van der Waals surface area contributed by atoms with Crippen molar-refractivity contribution < 1.29 is 9.53 Å². The molecule has 0 fully saturated rings. The molecule has 1 unspecified atom stereocenters. The number of carbonyl (C=O) groups excluding carboxylic acids is 1. The SMILES string of the molecule is COc1cccc(N(C)C(=O)C(C#N)C(C)C)c1. The summed E-state index contributed by atoms with van der Waals surface area (Å²) in [5.41, 5.74) is 0.722. The topological polar surface area (TPSA) is 53.3 Å². The molecule has 0 aliphatic carbocycles. The Balaban J connectivity index is 2.96. The average Bonchev–Trinajstić information content (AvgIpc) is 2.38. The summed E-state index contributed by atoms with van der Waals surface area (Å²) in [6.07, 6.45) is 0. The van der Waals surface area contributed by atoms with Crippen molar-refractivity contribution in [2.75, 3.05) is 19.1 Å². The lowest BCUT2D eigenvalue weighted by molar-refractivity contribution is -0.121. The number of ether oxygens (including phenoxy) is 1. The molecule has 0 aromatic heterocycles. The Morgan fingerprint density at radius 3 is 2.61 bits per heavy atom. The monoisotopic (exact) mass is 246 g/mol. The fourth-order valence-corrected chi connectivity index (χ4v) is 1.64. The van der Waals surface area contributed by atoms with Crippen LogP contribution >= 0.6 is 0 Å². The first-order valence-electron chi connectivity index (χ1n) is 5.82. The zero-order chi connectivity index (χ0) is 13.7. The minimum Gasteiger partial charge on any atom is -0.497 e. The first kappa shape index (κ1) is 14.0. The van der Waals surface area contributed by atoms with Crippen LogP contribution < -0.4 is 9.64 Å². The van der Waals surface area contributed by atoms with E-state index in [9.17, 15) is 4.79 Å². The normalized spacial score (nSPS) is 11.8. The predicted molar refractivity (Wildman–Crippen MR) is 70.3 cm³/mol. The maximum atomic E-state index is 12.2. The Kier molecular flexibility index (Phi) is 4.73. The van der Waals surface area contributed by atoms with Gasteiger partial charge in [-0.1, -0.05) is 19.9 Å². The van der Waals surface area contributed by atoms with Gasteiger partial charge in [-0.3, -0.25) is 4.79 Å². The van der Waals surface area contributed by atoms with Crippen molar-refractivity contribution >= 4 is 11.6 Å². The Morgan fingerprint density at radius 1 is 1.44 bits per heavy atom. The van der Waals surface area contributed by atoms with Crippen LogP contribution in [0, 0.1) is 23.2 Å². The number of amides is 1. The summed E-state index contributed by atoms with van der Waals surface area (Å²) in [5.74, 6) is -0.136. The van der Waals surface area contributed by atoms with Crippen molar-refractivity contribution in [3.63, 3.8) is 0 Å². The molecular weight excluding hydrogens is 228 g/mol. The van der Waals surface area contributed by atoms with Gasteiger partial charge >= 0.3 is 0 Å². The third kappa shape index (κ3) is 3.01. The number of anilines is 1. The van der Waals surface area contributed by atoms with Crippen LogP contribution in [0.3, 0.4) is 0 Å². The van der Waals surface area contributed by atoms with Gasteiger partial charge in [-0.25, -0.2) is 0 Å². The number of methoxy groups -OCH3 is 1. The second-order valence-corrected chi connectivity index (χ2v) is 4.45. The van der Waals surface area contributed by atoms with E-state index >= 15 is 0 Å². The number of hydrogen-bond donors (Lipinski definition) is 0. The van der Waals surface area contributed by atoms with Crippen LogP contribution in [0.1, 0.15) is 13.8 Å². The third-order valence-electron chi connectivity index (χ3n) is 2.84. The molecule has 1 aromatic rings. The molecule has 96 valence electrons. The third-order valence-corrected chi connectivity index (χ3v) is 2.84. The van der Waals surface area contributed by atoms with Gasteiger partial charge in [-0.2, -0.15) is 5.26 Å². The van der Waals surface area contributed by atoms with Crippen molar-refractivity contribution in [3.05, 3.63) is 24.3 Å². The molecule has 18 heavy (non-hydrogen) atoms. The summed E-state index contributed by atoms with van der Waals surface area (Å²) in [6.45, 7) is 3.73. The fourth-order valence-electron chi connectivity index (χ4n) is 1.64. The quantitative estimate of drug-likeness (QED) is 0.820. The second-order valence-electron chi connectivity index (χ2n) is 4.45. The molecule has 0 saturated heterocycles. The number of nitriles is 1. The van der Waals surface area contributed by atoms with Crippen LogP contribution in [0.2, 0.25) is 0 Å². The number of rotatable bonds is 4. The average molecular weight is 246 g/mol. The van der Waals surface area contributed by atoms with E-state index < -0.39 is 5.92 Å². The Labute approximate surface area is 108 Å². The molecule has 1 rings (SSSR count). The lowest BCUT2D eigenvalue weighted by atomic mass is 9.96. The van der Waals surface area contributed by atoms with Gasteiger partial charge in [0.1, 0.15) is 11.7 Å². The second kappa shape index (κ2) is 6.06. The van der Waals surface area contributed by atoms with Gasteiger partial charge in [0.15, 0.2) is 0 Å². The van der Waals surface area contributed by atoms with Crippen LogP contribution in [-0.4, -0.2) is 20.1 Å². The molecule has 0 aliphatic rings. The highest BCUT2D eigenvalue weighted by Crippen LogP contribution is 2.22. The molecule has 1 atom stereocenters. The molecular formula is C14H18N2O2. The maximum absolute atomic E-state index is 12.2. The summed E-state index contributed by atoms with van der Waals surface area (Å²) in [7, 11) is 3.25. The molecule has 0 bridgehead atoms. The van der Waals surface area contributed by atoms with E-state index in [2.05, 4.69) is 6.07 Å². The van der Waals surface area contributed by atoms with Gasteiger partial charge in [0, 0.05) is 18.8 Å². The highest BCUT2D eigenvalue weighted by Gasteiger charge is 2.25. The van der Waals surface area contributed by atoms with Crippen molar-refractivity contribution in [3.8, 4) is 11.8 Å². The minimum atomic E-state index is -0.624. The largest absolute Gasteiger partial charge is 0.497 e. The molecule has 0 radical (unpaired) electrons. The Bertz CT molecular complexity index is 463. The van der Waals surface area contributed by atoms with Crippen molar-refractivity contribution in [1.29, 1.82) is 5.26 Å². The van der Waals surface area contributed by atoms with Gasteiger partial charge in [0.25, 0.3) is 0 Å². The van der Waals surface area contributed by atoms with E-state index in [1.54, 1.807) is 20.2 Å². The fraction of sp³-hybridized carbons (Fsp3) is 0.429. The molecule has 0 saturated carbocycles. The number of nitrogens with zero attached hydrogens (tertiary/aromatic N) is 2. The minimum absolute atomic E-state index is 0.00411. The lowest BCUT2D eigenvalue weighted by Crippen LogP contribution is -2.34. The number of carbonyl (C=O) groups is 1. The summed E-state index contributed by atoms with van der Waals surface area (Å²) in [6, 6.07) is 9.27. The highest BCUT2D eigenvalue weighted by molar-refractivity contribution is 5.96. The van der Waals surface area contributed by atoms with Crippen molar-refractivity contribution in [2.24, 2.45) is 11.8 Å². The molecule has 4 heteroatoms. The predicted octanol–water partition coefficient (Wildman–Crippen LogP) is 2.45. The van der Waals surface area contributed by atoms with E-state index in [0.29, 0.717) is 5.75 Å². The lowest BCUT2D eigenvalue weighted by Gasteiger charge is -2.22. The Morgan fingerprint density at radius 2 is 2.11 bits per heavy atom. The zero-order valence-corrected chi connectivity index (χ0v) is 11.2. The number of benzene rings is 1. The van der Waals surface area contributed by atoms with Crippen LogP contribution in [0.25, 0.3) is 0 Å². The van der Waals surface area contributed by atoms with Gasteiger partial charge < -0.3 is 9.64 Å². The molecule has 4 nitrogen and oxygen atoms in total. The van der Waals surface area contributed by atoms with Gasteiger partial charge in [-0.05, 0) is 18.1 Å². The van der Waals surface area contributed by atoms with E-state index in [-0.39, 0.29) is 11.8 Å². The molecule has 0 aliphatic heterocycles. The first-order chi connectivity index (χ1) is 8.51. The van der Waals surface area contributed by atoms with Crippen LogP contribution in [0.5, 0.6) is 5.75 Å². The molecule has 0 N–H and O–H groups in total. The zero-order valence-electron chi connectivity index (χ0n) is 11.2. The van der Waals surface area contributed by atoms with Gasteiger partial charge in [0.05, 0.1) is 13.2 Å². The summed E-state index contributed by atoms with van der Waals surface area (Å²) in [4.78, 5) is 13.7. The number of hydrogen-bond acceptors (Lipinski definition) is 3. The summed E-state index contributed by atoms with van der Waals surface area (Å²) < 4.78 is 5.12. The molecule has 1 amide bonds. The van der Waals surface area contributed by atoms with Crippen LogP contribution in [-0.2, 0) is 4.79 Å². The maximum Gasteiger partial charge on any atom is 0.244 e. The van der Waals surface area contributed by atoms with E-state index in [1.165, 1.54) is 4.90 Å². The van der Waals surface area contributed by atoms with Crippen LogP contribution in [0.15, 0.2) is 24.3 Å². The van der Waals surface area contributed by atoms with Crippen molar-refractivity contribution in [1.82, 2.24) is 0 Å². The standard InChI is InChI=1S/C14H18N2O2/c1-10(2)13(9-15)14(17)16(3)11-6-5-7-12(8-11)18-4/h5-8,10,13H,1-4H3. The van der Waals surface area contributed by atoms with Gasteiger partial charge in [-0.15, -0.1) is 0 Å². The van der Waals surface area contributed by atoms with E-state index in [1.807, 2.05) is 32.0 Å². The highest BCUT2D eigenvalue weighted by atomic mass is 16.5. The molecule has 0 spiro atoms. The van der Waals surface area contributed by atoms with E-state index in [4.69, 9.17) is 10.00 Å². The summed E-state index contributed by atoms with van der Waals surface area (Å²) >= 11 is 0. The van der Waals surface area contributed by atoms with E-state index in [0.717, 1.165) is 5.69 Å². The van der Waals surface area contributed by atoms with Crippen LogP contribution in [0.4, 0.5) is 5.69 Å². The Hall–Kier alpha value is -2.02.